The van der Waals surface area contributed by atoms with Gasteiger partial charge in [-0.1, -0.05) is 11.6 Å². The summed E-state index contributed by atoms with van der Waals surface area (Å²) in [5.41, 5.74) is 3.52. The average molecular weight is 391 g/mol. The van der Waals surface area contributed by atoms with Gasteiger partial charge in [0.15, 0.2) is 5.76 Å². The van der Waals surface area contributed by atoms with Crippen molar-refractivity contribution in [1.29, 1.82) is 0 Å². The minimum atomic E-state index is -0.220. The number of amides is 1. The molecule has 0 aliphatic rings. The van der Waals surface area contributed by atoms with Gasteiger partial charge in [-0.3, -0.25) is 4.79 Å². The highest BCUT2D eigenvalue weighted by Gasteiger charge is 2.17. The number of furan rings is 1. The molecular formula is C17H14INO2. The number of halogens is 1. The van der Waals surface area contributed by atoms with Crippen molar-refractivity contribution in [3.05, 3.63) is 62.9 Å². The maximum absolute atomic E-state index is 12.4. The van der Waals surface area contributed by atoms with Crippen LogP contribution in [0.1, 0.15) is 21.7 Å². The van der Waals surface area contributed by atoms with Crippen LogP contribution in [0.25, 0.3) is 11.0 Å². The summed E-state index contributed by atoms with van der Waals surface area (Å²) >= 11 is 2.23. The van der Waals surface area contributed by atoms with Crippen LogP contribution in [0.3, 0.4) is 0 Å². The van der Waals surface area contributed by atoms with Crippen LogP contribution in [-0.2, 0) is 0 Å². The van der Waals surface area contributed by atoms with Crippen molar-refractivity contribution in [3.8, 4) is 0 Å². The minimum absolute atomic E-state index is 0.220. The van der Waals surface area contributed by atoms with Gasteiger partial charge in [0.25, 0.3) is 5.91 Å². The largest absolute Gasteiger partial charge is 0.451 e. The van der Waals surface area contributed by atoms with Crippen LogP contribution in [0, 0.1) is 17.4 Å². The molecule has 0 aliphatic carbocycles. The molecule has 0 aliphatic heterocycles. The quantitative estimate of drug-likeness (QED) is 0.631. The molecule has 3 nitrogen and oxygen atoms in total. The zero-order chi connectivity index (χ0) is 15.0. The second kappa shape index (κ2) is 5.52. The summed E-state index contributed by atoms with van der Waals surface area (Å²) in [5.74, 6) is 0.150. The number of benzene rings is 2. The number of carbonyl (C=O) groups is 1. The lowest BCUT2D eigenvalue weighted by Gasteiger charge is -2.03. The van der Waals surface area contributed by atoms with Crippen molar-refractivity contribution >= 4 is 45.2 Å². The number of carbonyl (C=O) groups excluding carboxylic acids is 1. The van der Waals surface area contributed by atoms with E-state index < -0.39 is 0 Å². The van der Waals surface area contributed by atoms with Crippen molar-refractivity contribution in [3.63, 3.8) is 0 Å². The zero-order valence-corrected chi connectivity index (χ0v) is 13.9. The van der Waals surface area contributed by atoms with Crippen LogP contribution in [0.2, 0.25) is 0 Å². The van der Waals surface area contributed by atoms with E-state index in [1.807, 2.05) is 56.3 Å². The summed E-state index contributed by atoms with van der Waals surface area (Å²) in [7, 11) is 0. The molecule has 0 bridgehead atoms. The molecule has 2 aromatic carbocycles. The van der Waals surface area contributed by atoms with E-state index in [-0.39, 0.29) is 5.91 Å². The normalized spacial score (nSPS) is 10.8. The first-order valence-electron chi connectivity index (χ1n) is 6.61. The van der Waals surface area contributed by atoms with Gasteiger partial charge in [0.05, 0.1) is 0 Å². The van der Waals surface area contributed by atoms with Gasteiger partial charge >= 0.3 is 0 Å². The molecule has 0 saturated heterocycles. The average Bonchev–Trinajstić information content (AvgIpc) is 2.79. The molecule has 3 aromatic rings. The van der Waals surface area contributed by atoms with Gasteiger partial charge in [-0.25, -0.2) is 0 Å². The van der Waals surface area contributed by atoms with E-state index in [1.54, 1.807) is 0 Å². The standard InChI is InChI=1S/C17H14INO2/c1-10-3-8-15-14(9-10)11(2)16(21-15)17(20)19-13-6-4-12(18)5-7-13/h3-9H,1-2H3,(H,19,20). The third-order valence-corrected chi connectivity index (χ3v) is 4.12. The molecule has 0 atom stereocenters. The Morgan fingerprint density at radius 3 is 2.52 bits per heavy atom. The van der Waals surface area contributed by atoms with E-state index in [4.69, 9.17) is 4.42 Å². The van der Waals surface area contributed by atoms with Crippen LogP contribution < -0.4 is 5.32 Å². The molecule has 106 valence electrons. The number of hydrogen-bond donors (Lipinski definition) is 1. The van der Waals surface area contributed by atoms with E-state index in [1.165, 1.54) is 0 Å². The van der Waals surface area contributed by atoms with E-state index >= 15 is 0 Å². The summed E-state index contributed by atoms with van der Waals surface area (Å²) < 4.78 is 6.82. The molecule has 4 heteroatoms. The Labute approximate surface area is 136 Å². The SMILES string of the molecule is Cc1ccc2oc(C(=O)Nc3ccc(I)cc3)c(C)c2c1. The maximum Gasteiger partial charge on any atom is 0.291 e. The number of anilines is 1. The van der Waals surface area contributed by atoms with E-state index in [0.717, 1.165) is 31.4 Å². The third kappa shape index (κ3) is 2.81. The number of rotatable bonds is 2. The number of hydrogen-bond acceptors (Lipinski definition) is 2. The Kier molecular flexibility index (Phi) is 3.71. The predicted molar refractivity (Wildman–Crippen MR) is 92.8 cm³/mol. The fraction of sp³-hybridized carbons (Fsp3) is 0.118. The van der Waals surface area contributed by atoms with Gasteiger partial charge in [-0.2, -0.15) is 0 Å². The first-order valence-corrected chi connectivity index (χ1v) is 7.69. The lowest BCUT2D eigenvalue weighted by molar-refractivity contribution is 0.0998. The number of fused-ring (bicyclic) bond motifs is 1. The minimum Gasteiger partial charge on any atom is -0.451 e. The van der Waals surface area contributed by atoms with E-state index in [9.17, 15) is 4.79 Å². The molecule has 1 aromatic heterocycles. The van der Waals surface area contributed by atoms with Crippen LogP contribution in [0.5, 0.6) is 0 Å². The maximum atomic E-state index is 12.4. The molecule has 0 radical (unpaired) electrons. The molecule has 1 heterocycles. The smallest absolute Gasteiger partial charge is 0.291 e. The molecule has 1 N–H and O–H groups in total. The summed E-state index contributed by atoms with van der Waals surface area (Å²) in [6.45, 7) is 3.94. The first kappa shape index (κ1) is 14.1. The van der Waals surface area contributed by atoms with Crippen LogP contribution >= 0.6 is 22.6 Å². The van der Waals surface area contributed by atoms with Gasteiger partial charge < -0.3 is 9.73 Å². The van der Waals surface area contributed by atoms with Crippen molar-refractivity contribution in [1.82, 2.24) is 0 Å². The fourth-order valence-corrected chi connectivity index (χ4v) is 2.63. The monoisotopic (exact) mass is 391 g/mol. The molecular weight excluding hydrogens is 377 g/mol. The van der Waals surface area contributed by atoms with Crippen LogP contribution in [0.4, 0.5) is 5.69 Å². The van der Waals surface area contributed by atoms with E-state index in [2.05, 4.69) is 27.9 Å². The number of aryl methyl sites for hydroxylation is 2. The van der Waals surface area contributed by atoms with Crippen molar-refractivity contribution in [2.24, 2.45) is 0 Å². The Hall–Kier alpha value is -1.82. The lowest BCUT2D eigenvalue weighted by atomic mass is 10.1. The second-order valence-corrected chi connectivity index (χ2v) is 6.26. The highest BCUT2D eigenvalue weighted by molar-refractivity contribution is 14.1. The summed E-state index contributed by atoms with van der Waals surface area (Å²) in [4.78, 5) is 12.4. The lowest BCUT2D eigenvalue weighted by Crippen LogP contribution is -2.11. The predicted octanol–water partition coefficient (Wildman–Crippen LogP) is 4.91. The molecule has 1 amide bonds. The van der Waals surface area contributed by atoms with Crippen LogP contribution in [0.15, 0.2) is 46.9 Å². The molecule has 0 saturated carbocycles. The molecule has 0 spiro atoms. The highest BCUT2D eigenvalue weighted by atomic mass is 127. The first-order chi connectivity index (χ1) is 10.0. The van der Waals surface area contributed by atoms with Crippen molar-refractivity contribution in [2.45, 2.75) is 13.8 Å². The van der Waals surface area contributed by atoms with Gasteiger partial charge in [0.1, 0.15) is 5.58 Å². The Balaban J connectivity index is 1.94. The molecule has 3 rings (SSSR count). The second-order valence-electron chi connectivity index (χ2n) is 5.02. The summed E-state index contributed by atoms with van der Waals surface area (Å²) in [5, 5.41) is 3.85. The third-order valence-electron chi connectivity index (χ3n) is 3.40. The number of nitrogens with one attached hydrogen (secondary N) is 1. The Bertz CT molecular complexity index is 819. The zero-order valence-electron chi connectivity index (χ0n) is 11.7. The van der Waals surface area contributed by atoms with Gasteiger partial charge in [-0.05, 0) is 72.8 Å². The van der Waals surface area contributed by atoms with Crippen LogP contribution in [-0.4, -0.2) is 5.91 Å². The molecule has 21 heavy (non-hydrogen) atoms. The molecule has 0 fully saturated rings. The Morgan fingerprint density at radius 2 is 1.81 bits per heavy atom. The highest BCUT2D eigenvalue weighted by Crippen LogP contribution is 2.26. The Morgan fingerprint density at radius 1 is 1.10 bits per heavy atom. The van der Waals surface area contributed by atoms with E-state index in [0.29, 0.717) is 5.76 Å². The van der Waals surface area contributed by atoms with Crippen molar-refractivity contribution in [2.75, 3.05) is 5.32 Å². The van der Waals surface area contributed by atoms with Crippen molar-refractivity contribution < 1.29 is 9.21 Å². The van der Waals surface area contributed by atoms with Gasteiger partial charge in [0.2, 0.25) is 0 Å². The van der Waals surface area contributed by atoms with Gasteiger partial charge in [0, 0.05) is 20.2 Å². The summed E-state index contributed by atoms with van der Waals surface area (Å²) in [6, 6.07) is 13.6. The van der Waals surface area contributed by atoms with Gasteiger partial charge in [-0.15, -0.1) is 0 Å². The topological polar surface area (TPSA) is 42.2 Å². The molecule has 0 unspecified atom stereocenters. The fourth-order valence-electron chi connectivity index (χ4n) is 2.27. The summed E-state index contributed by atoms with van der Waals surface area (Å²) in [6.07, 6.45) is 0.